The molecule has 0 fully saturated rings. The minimum absolute atomic E-state index is 0.0553. The van der Waals surface area contributed by atoms with E-state index < -0.39 is 12.0 Å². The number of hydrogen-bond donors (Lipinski definition) is 0. The summed E-state index contributed by atoms with van der Waals surface area (Å²) in [6, 6.07) is 10.4. The zero-order valence-electron chi connectivity index (χ0n) is 23.2. The summed E-state index contributed by atoms with van der Waals surface area (Å²) in [6.45, 7) is 6.78. The van der Waals surface area contributed by atoms with Crippen molar-refractivity contribution in [3.63, 3.8) is 0 Å². The van der Waals surface area contributed by atoms with Crippen LogP contribution in [0.5, 0.6) is 11.5 Å². The fourth-order valence-electron chi connectivity index (χ4n) is 4.28. The van der Waals surface area contributed by atoms with Crippen LogP contribution in [0.25, 0.3) is 6.08 Å². The van der Waals surface area contributed by atoms with Crippen molar-refractivity contribution in [2.24, 2.45) is 10.9 Å². The van der Waals surface area contributed by atoms with Gasteiger partial charge in [-0.15, -0.1) is 0 Å². The Kier molecular flexibility index (Phi) is 9.54. The molecule has 8 nitrogen and oxygen atoms in total. The Morgan fingerprint density at radius 3 is 2.52 bits per heavy atom. The van der Waals surface area contributed by atoms with Gasteiger partial charge >= 0.3 is 5.97 Å². The Hall–Kier alpha value is -3.76. The monoisotopic (exact) mass is 568 g/mol. The molecular weight excluding hydrogens is 535 g/mol. The van der Waals surface area contributed by atoms with Crippen molar-refractivity contribution in [2.45, 2.75) is 33.2 Å². The van der Waals surface area contributed by atoms with Crippen LogP contribution in [0, 0.1) is 11.7 Å². The first-order chi connectivity index (χ1) is 19.2. The van der Waals surface area contributed by atoms with E-state index in [0.717, 1.165) is 6.42 Å². The van der Waals surface area contributed by atoms with Gasteiger partial charge in [-0.1, -0.05) is 43.4 Å². The number of rotatable bonds is 11. The van der Waals surface area contributed by atoms with Gasteiger partial charge in [-0.05, 0) is 60.7 Å². The van der Waals surface area contributed by atoms with E-state index in [9.17, 15) is 14.0 Å². The molecule has 1 aliphatic heterocycles. The van der Waals surface area contributed by atoms with E-state index in [0.29, 0.717) is 50.2 Å². The van der Waals surface area contributed by atoms with Crippen molar-refractivity contribution in [1.29, 1.82) is 0 Å². The van der Waals surface area contributed by atoms with E-state index in [4.69, 9.17) is 18.9 Å². The predicted octanol–water partition coefficient (Wildman–Crippen LogP) is 4.00. The summed E-state index contributed by atoms with van der Waals surface area (Å²) in [7, 11) is 3.06. The van der Waals surface area contributed by atoms with Crippen LogP contribution in [-0.2, 0) is 14.3 Å². The maximum absolute atomic E-state index is 13.8. The van der Waals surface area contributed by atoms with Gasteiger partial charge in [0.15, 0.2) is 16.3 Å². The van der Waals surface area contributed by atoms with Crippen molar-refractivity contribution >= 4 is 23.4 Å². The number of allylic oxidation sites excluding steroid dienone is 1. The number of methoxy groups -OCH3 is 2. The van der Waals surface area contributed by atoms with Crippen molar-refractivity contribution in [2.75, 3.05) is 34.0 Å². The Bertz CT molecular complexity index is 1570. The highest BCUT2D eigenvalue weighted by molar-refractivity contribution is 7.07. The number of ether oxygens (including phenoxy) is 4. The lowest BCUT2D eigenvalue weighted by Gasteiger charge is -2.25. The van der Waals surface area contributed by atoms with Crippen molar-refractivity contribution in [3.8, 4) is 11.5 Å². The number of thiazole rings is 1. The van der Waals surface area contributed by atoms with E-state index >= 15 is 0 Å². The zero-order valence-corrected chi connectivity index (χ0v) is 24.0. The SMILES string of the molecule is COCCOC(=O)C1=C(C)N=c2sc(=Cc3ccc(F)cc3)c(=O)n2C1c1ccc(OCCC(C)C)c(OC)c1. The fourth-order valence-corrected chi connectivity index (χ4v) is 5.33. The molecule has 0 amide bonds. The van der Waals surface area contributed by atoms with E-state index in [2.05, 4.69) is 18.8 Å². The summed E-state index contributed by atoms with van der Waals surface area (Å²) in [5.74, 6) is 0.585. The molecule has 0 saturated heterocycles. The summed E-state index contributed by atoms with van der Waals surface area (Å²) >= 11 is 1.20. The maximum atomic E-state index is 13.8. The van der Waals surface area contributed by atoms with Crippen molar-refractivity contribution in [3.05, 3.63) is 90.4 Å². The largest absolute Gasteiger partial charge is 0.493 e. The Morgan fingerprint density at radius 1 is 1.10 bits per heavy atom. The second kappa shape index (κ2) is 13.1. The molecule has 0 saturated carbocycles. The van der Waals surface area contributed by atoms with Crippen LogP contribution in [0.15, 0.2) is 63.5 Å². The zero-order chi connectivity index (χ0) is 28.8. The predicted molar refractivity (Wildman–Crippen MR) is 151 cm³/mol. The normalized spacial score (nSPS) is 15.2. The fraction of sp³-hybridized carbons (Fsp3) is 0.367. The summed E-state index contributed by atoms with van der Waals surface area (Å²) in [5, 5.41) is 0. The lowest BCUT2D eigenvalue weighted by Crippen LogP contribution is -2.40. The highest BCUT2D eigenvalue weighted by Crippen LogP contribution is 2.36. The topological polar surface area (TPSA) is 88.4 Å². The van der Waals surface area contributed by atoms with Crippen LogP contribution in [0.1, 0.15) is 44.4 Å². The first-order valence-corrected chi connectivity index (χ1v) is 13.8. The van der Waals surface area contributed by atoms with Crippen molar-refractivity contribution < 1.29 is 28.1 Å². The third kappa shape index (κ3) is 6.51. The molecule has 0 bridgehead atoms. The van der Waals surface area contributed by atoms with E-state index in [-0.39, 0.29) is 30.2 Å². The molecule has 0 aliphatic carbocycles. The smallest absolute Gasteiger partial charge is 0.338 e. The number of carbonyl (C=O) groups is 1. The van der Waals surface area contributed by atoms with Crippen LogP contribution < -0.4 is 24.4 Å². The molecule has 0 N–H and O–H groups in total. The second-order valence-corrected chi connectivity index (χ2v) is 10.7. The van der Waals surface area contributed by atoms with E-state index in [1.165, 1.54) is 35.1 Å². The molecule has 0 radical (unpaired) electrons. The molecule has 2 aromatic carbocycles. The molecule has 1 aliphatic rings. The molecule has 10 heteroatoms. The number of nitrogens with zero attached hydrogens (tertiary/aromatic N) is 2. The highest BCUT2D eigenvalue weighted by Gasteiger charge is 2.34. The standard InChI is InChI=1S/C30H33FN2O6S/c1-18(2)12-13-38-23-11-8-21(17-24(23)37-5)27-26(29(35)39-15-14-36-4)19(3)32-30-33(27)28(34)25(40-30)16-20-6-9-22(31)10-7-20/h6-11,16-18,27H,12-15H2,1-5H3. The lowest BCUT2D eigenvalue weighted by molar-refractivity contribution is -0.140. The maximum Gasteiger partial charge on any atom is 0.338 e. The first kappa shape index (κ1) is 29.2. The van der Waals surface area contributed by atoms with Crippen LogP contribution in [0.3, 0.4) is 0 Å². The van der Waals surface area contributed by atoms with Crippen LogP contribution in [0.4, 0.5) is 4.39 Å². The van der Waals surface area contributed by atoms with E-state index in [1.807, 2.05) is 6.07 Å². The van der Waals surface area contributed by atoms with Crippen LogP contribution in [0.2, 0.25) is 0 Å². The molecular formula is C30H33FN2O6S. The lowest BCUT2D eigenvalue weighted by atomic mass is 9.95. The quantitative estimate of drug-likeness (QED) is 0.257. The minimum atomic E-state index is -0.819. The molecule has 1 aromatic heterocycles. The van der Waals surface area contributed by atoms with Crippen LogP contribution >= 0.6 is 11.3 Å². The molecule has 1 atom stereocenters. The van der Waals surface area contributed by atoms with Gasteiger partial charge in [0, 0.05) is 7.11 Å². The summed E-state index contributed by atoms with van der Waals surface area (Å²) in [4.78, 5) is 32.2. The summed E-state index contributed by atoms with van der Waals surface area (Å²) in [5.41, 5.74) is 1.66. The molecule has 3 aromatic rings. The van der Waals surface area contributed by atoms with Crippen molar-refractivity contribution in [1.82, 2.24) is 4.57 Å². The average molecular weight is 569 g/mol. The molecule has 1 unspecified atom stereocenters. The molecule has 2 heterocycles. The van der Waals surface area contributed by atoms with Gasteiger partial charge in [-0.25, -0.2) is 14.2 Å². The van der Waals surface area contributed by atoms with Gasteiger partial charge in [0.05, 0.1) is 42.2 Å². The number of carbonyl (C=O) groups excluding carboxylic acids is 1. The number of benzene rings is 2. The Morgan fingerprint density at radius 2 is 1.85 bits per heavy atom. The van der Waals surface area contributed by atoms with Crippen LogP contribution in [-0.4, -0.2) is 44.6 Å². The Labute approximate surface area is 236 Å². The second-order valence-electron chi connectivity index (χ2n) is 9.70. The number of esters is 1. The molecule has 4 rings (SSSR count). The molecule has 0 spiro atoms. The van der Waals surface area contributed by atoms with Gasteiger partial charge in [0.25, 0.3) is 5.56 Å². The Balaban J connectivity index is 1.84. The number of aromatic nitrogens is 1. The summed E-state index contributed by atoms with van der Waals surface area (Å²) < 4.78 is 37.4. The summed E-state index contributed by atoms with van der Waals surface area (Å²) in [6.07, 6.45) is 2.57. The number of fused-ring (bicyclic) bond motifs is 1. The van der Waals surface area contributed by atoms with E-state index in [1.54, 1.807) is 44.4 Å². The highest BCUT2D eigenvalue weighted by atomic mass is 32.1. The van der Waals surface area contributed by atoms with Gasteiger partial charge in [0.1, 0.15) is 12.4 Å². The number of hydrogen-bond acceptors (Lipinski definition) is 8. The molecule has 212 valence electrons. The van der Waals surface area contributed by atoms with Gasteiger partial charge < -0.3 is 18.9 Å². The third-order valence-electron chi connectivity index (χ3n) is 6.39. The van der Waals surface area contributed by atoms with Gasteiger partial charge in [-0.2, -0.15) is 0 Å². The van der Waals surface area contributed by atoms with Gasteiger partial charge in [0.2, 0.25) is 0 Å². The minimum Gasteiger partial charge on any atom is -0.493 e. The molecule has 40 heavy (non-hydrogen) atoms. The number of halogens is 1. The average Bonchev–Trinajstić information content (AvgIpc) is 3.23. The third-order valence-corrected chi connectivity index (χ3v) is 7.37. The first-order valence-electron chi connectivity index (χ1n) is 13.0. The van der Waals surface area contributed by atoms with Gasteiger partial charge in [-0.3, -0.25) is 9.36 Å².